The SMILES string of the molecule is CC[C@H]1C=C[C@@H](NC(=O)OCc2ccccc2)[C@@H](O[C@H]2[C@@H](O)[C@H](O[C@@H]3[C@@H](O)[C@H](CS(=O)(=O)CCCN=[N+]=[N-])C[C@H](C)[C@H]3O[C@H]3O[C@H](CC)C=C[C@H]3NC(=O)OCc3ccccc3)O[C@@H]2CO)O1.NCCCS(=O)(=O)C[C@@H]1C[C@H](N)[C@@H](O[C@H]2O[C@H](CN)CC[C@H]2N)[C@H](O[C@@H]2O[C@H](CO)[C@@H](O[C@H]3O[C@@H](CN)CC[C@H]3N)[C@H]2O)[C@H]1O. The lowest BCUT2D eigenvalue weighted by Gasteiger charge is -2.46. The molecule has 0 radical (unpaired) electrons. The van der Waals surface area contributed by atoms with Crippen LogP contribution in [-0.2, 0) is 99.2 Å². The quantitative estimate of drug-likeness (QED) is 0.0137. The number of amides is 2. The second-order valence-electron chi connectivity index (χ2n) is 29.7. The number of carbonyl (C=O) groups excluding carboxylic acids is 2. The first-order valence-electron chi connectivity index (χ1n) is 38.6. The van der Waals surface area contributed by atoms with Gasteiger partial charge in [-0.3, -0.25) is 0 Å². The number of nitrogens with zero attached hydrogens (tertiary/aromatic N) is 3. The van der Waals surface area contributed by atoms with E-state index in [1.165, 1.54) is 0 Å². The molecule has 6 aliphatic heterocycles. The fourth-order valence-electron chi connectivity index (χ4n) is 15.0. The Bertz CT molecular complexity index is 3540. The largest absolute Gasteiger partial charge is 0.445 e. The van der Waals surface area contributed by atoms with Gasteiger partial charge in [0.15, 0.2) is 57.4 Å². The van der Waals surface area contributed by atoms with Crippen LogP contribution < -0.4 is 45.0 Å². The monoisotopic (exact) mass is 1630 g/mol. The van der Waals surface area contributed by atoms with Crippen molar-refractivity contribution < 1.29 is 123 Å². The van der Waals surface area contributed by atoms with Gasteiger partial charge in [0, 0.05) is 42.4 Å². The minimum atomic E-state index is -3.79. The molecule has 0 aromatic heterocycles. The molecule has 2 aromatic carbocycles. The normalized spacial score (nSPS) is 37.6. The summed E-state index contributed by atoms with van der Waals surface area (Å²) in [5.74, 6) is -3.46. The van der Waals surface area contributed by atoms with Gasteiger partial charge in [-0.25, -0.2) is 26.4 Å². The Morgan fingerprint density at radius 1 is 0.527 bits per heavy atom. The number of aliphatic hydroxyl groups is 6. The number of nitrogens with one attached hydrogen (secondary N) is 2. The van der Waals surface area contributed by atoms with Crippen LogP contribution in [0.5, 0.6) is 0 Å². The molecule has 8 aliphatic rings. The van der Waals surface area contributed by atoms with Crippen molar-refractivity contribution in [3.63, 3.8) is 0 Å². The van der Waals surface area contributed by atoms with E-state index in [-0.39, 0.29) is 94.5 Å². The third-order valence-corrected chi connectivity index (χ3v) is 24.9. The van der Waals surface area contributed by atoms with Crippen LogP contribution in [0, 0.1) is 17.8 Å². The zero-order chi connectivity index (χ0) is 80.8. The molecular formula is C73H117N11O26S2. The van der Waals surface area contributed by atoms with Gasteiger partial charge in [-0.15, -0.1) is 0 Å². The van der Waals surface area contributed by atoms with Gasteiger partial charge < -0.3 is 142 Å². The highest BCUT2D eigenvalue weighted by molar-refractivity contribution is 7.91. The maximum Gasteiger partial charge on any atom is 0.408 e. The molecule has 2 aromatic rings. The van der Waals surface area contributed by atoms with Gasteiger partial charge >= 0.3 is 12.2 Å². The molecule has 0 spiro atoms. The number of rotatable bonds is 35. The summed E-state index contributed by atoms with van der Waals surface area (Å²) in [5.41, 5.74) is 46.4. The molecule has 39 heteroatoms. The van der Waals surface area contributed by atoms with Gasteiger partial charge in [0.1, 0.15) is 80.2 Å². The topological polar surface area (TPSA) is 582 Å². The summed E-state index contributed by atoms with van der Waals surface area (Å²) < 4.78 is 137. The Labute approximate surface area is 653 Å². The molecule has 4 saturated heterocycles. The van der Waals surface area contributed by atoms with E-state index in [1.807, 2.05) is 74.5 Å². The maximum atomic E-state index is 13.4. The third kappa shape index (κ3) is 25.4. The van der Waals surface area contributed by atoms with Crippen LogP contribution in [0.3, 0.4) is 0 Å². The lowest BCUT2D eigenvalue weighted by Crippen LogP contribution is -2.63. The van der Waals surface area contributed by atoms with E-state index >= 15 is 0 Å². The molecule has 6 fully saturated rings. The molecule has 10 rings (SSSR count). The van der Waals surface area contributed by atoms with Gasteiger partial charge in [-0.05, 0) is 93.3 Å². The van der Waals surface area contributed by atoms with Crippen LogP contribution in [0.25, 0.3) is 10.4 Å². The Balaban J connectivity index is 0.000000278. The van der Waals surface area contributed by atoms with Gasteiger partial charge in [0.25, 0.3) is 0 Å². The van der Waals surface area contributed by atoms with E-state index in [1.54, 1.807) is 31.2 Å². The van der Waals surface area contributed by atoms with Crippen molar-refractivity contribution in [2.75, 3.05) is 62.4 Å². The summed E-state index contributed by atoms with van der Waals surface area (Å²) in [7, 11) is -7.38. The summed E-state index contributed by atoms with van der Waals surface area (Å²) in [5, 5.41) is 76.5. The number of azide groups is 1. The molecule has 30 atom stereocenters. The molecule has 112 heavy (non-hydrogen) atoms. The van der Waals surface area contributed by atoms with Crippen LogP contribution in [0.1, 0.15) is 96.1 Å². The second kappa shape index (κ2) is 43.8. The van der Waals surface area contributed by atoms with Crippen molar-refractivity contribution in [2.45, 2.75) is 264 Å². The number of sulfone groups is 2. The second-order valence-corrected chi connectivity index (χ2v) is 34.1. The number of ether oxygens (including phenoxy) is 14. The predicted molar refractivity (Wildman–Crippen MR) is 401 cm³/mol. The van der Waals surface area contributed by atoms with Crippen LogP contribution in [-0.4, -0.2) is 288 Å². The zero-order valence-electron chi connectivity index (χ0n) is 63.4. The summed E-state index contributed by atoms with van der Waals surface area (Å²) in [6.45, 7) is 5.13. The molecule has 37 nitrogen and oxygen atoms in total. The summed E-state index contributed by atoms with van der Waals surface area (Å²) in [6.07, 6.45) is -14.4. The Kier molecular flexibility index (Phi) is 35.4. The van der Waals surface area contributed by atoms with Gasteiger partial charge in [0.05, 0.1) is 91.0 Å². The van der Waals surface area contributed by atoms with Gasteiger partial charge in [0.2, 0.25) is 0 Å². The molecule has 6 heterocycles. The van der Waals surface area contributed by atoms with E-state index in [0.29, 0.717) is 38.5 Å². The van der Waals surface area contributed by atoms with Crippen molar-refractivity contribution in [2.24, 2.45) is 57.3 Å². The molecule has 20 N–H and O–H groups in total. The number of alkyl carbamates (subject to hydrolysis) is 2. The number of hydrogen-bond acceptors (Lipinski definition) is 33. The van der Waals surface area contributed by atoms with Crippen LogP contribution in [0.2, 0.25) is 0 Å². The van der Waals surface area contributed by atoms with Crippen molar-refractivity contribution in [1.29, 1.82) is 0 Å². The Morgan fingerprint density at radius 3 is 1.38 bits per heavy atom. The maximum absolute atomic E-state index is 13.4. The third-order valence-electron chi connectivity index (χ3n) is 21.2. The molecule has 2 amide bonds. The van der Waals surface area contributed by atoms with E-state index in [2.05, 4.69) is 20.7 Å². The number of aliphatic hydroxyl groups excluding tert-OH is 6. The first-order valence-corrected chi connectivity index (χ1v) is 42.3. The fourth-order valence-corrected chi connectivity index (χ4v) is 18.5. The van der Waals surface area contributed by atoms with Crippen molar-refractivity contribution in [3.8, 4) is 0 Å². The molecule has 0 unspecified atom stereocenters. The smallest absolute Gasteiger partial charge is 0.408 e. The summed E-state index contributed by atoms with van der Waals surface area (Å²) in [6, 6.07) is 14.6. The number of hydrogen-bond donors (Lipinski definition) is 14. The number of benzene rings is 2. The highest BCUT2D eigenvalue weighted by Crippen LogP contribution is 2.41. The van der Waals surface area contributed by atoms with Crippen LogP contribution in [0.4, 0.5) is 9.59 Å². The van der Waals surface area contributed by atoms with Crippen molar-refractivity contribution in [1.82, 2.24) is 10.6 Å². The van der Waals surface area contributed by atoms with Gasteiger partial charge in [-0.2, -0.15) is 0 Å². The lowest BCUT2D eigenvalue weighted by atomic mass is 9.77. The summed E-state index contributed by atoms with van der Waals surface area (Å²) >= 11 is 0. The molecule has 2 saturated carbocycles. The first kappa shape index (κ1) is 90.6. The average molecular weight is 1630 g/mol. The lowest BCUT2D eigenvalue weighted by molar-refractivity contribution is -0.290. The van der Waals surface area contributed by atoms with Gasteiger partial charge in [-0.1, -0.05) is 111 Å². The van der Waals surface area contributed by atoms with Crippen molar-refractivity contribution in [3.05, 3.63) is 107 Å². The fraction of sp³-hybridized carbons (Fsp3) is 0.753. The molecule has 632 valence electrons. The van der Waals surface area contributed by atoms with E-state index in [9.17, 15) is 57.1 Å². The van der Waals surface area contributed by atoms with Crippen LogP contribution in [0.15, 0.2) is 90.1 Å². The standard InChI is InChI=1S/C46H63N5O15S.C27H54N6O11S/c1-4-32-17-19-34(49-45(55)59-25-29-13-8-6-9-14-29)42(61-32)64-39-28(3)23-31(27-67(57,58)22-12-21-48-51-47)37(53)41(39)66-44-38(54)40(36(24-52)63-44)65-43-35(20-18-33(5-2)62-43)50-46(56)60-26-30-15-10-7-11-16-30;28-6-1-7-45(37,38)12-13-8-18(33)22(42-25-16(31)4-2-14(9-29)39-25)24(20(13)35)44-27-21(36)23(19(11-34)41-27)43-26-17(32)5-3-15(10-30)40-26/h6-11,13-20,28,31-44,52-54H,4-5,12,21-27H2,1-3H3,(H,49,55)(H,50,56);13-27,34-36H,1-12,28-33H2/t28-,31-,32+,33-,34+,35+,36+,37-,38+,39+,40+,41+,42+,43+,44-;13-,14-,15+,16+,17+,18-,19+,20-,21+,22+,23+,24+,25+,26+,27-/m00/s1. The average Bonchev–Trinajstić information content (AvgIpc) is 1.31. The summed E-state index contributed by atoms with van der Waals surface area (Å²) in [4.78, 5) is 28.7. The van der Waals surface area contributed by atoms with Crippen LogP contribution >= 0.6 is 0 Å². The minimum absolute atomic E-state index is 0.00908. The molecule has 0 bridgehead atoms. The minimum Gasteiger partial charge on any atom is -0.445 e. The highest BCUT2D eigenvalue weighted by atomic mass is 32.2. The first-order chi connectivity index (χ1) is 53.7. The predicted octanol–water partition coefficient (Wildman–Crippen LogP) is -0.402. The number of nitrogens with two attached hydrogens (primary N) is 6. The molecular weight excluding hydrogens is 1510 g/mol. The Hall–Kier alpha value is -5.29. The van der Waals surface area contributed by atoms with E-state index in [0.717, 1.165) is 11.1 Å². The number of carbonyl (C=O) groups is 2. The zero-order valence-corrected chi connectivity index (χ0v) is 65.1. The van der Waals surface area contributed by atoms with E-state index in [4.69, 9.17) is 106 Å². The van der Waals surface area contributed by atoms with E-state index < -0.39 is 222 Å². The van der Waals surface area contributed by atoms with Crippen molar-refractivity contribution >= 4 is 31.9 Å². The Morgan fingerprint density at radius 2 is 0.946 bits per heavy atom. The highest BCUT2D eigenvalue weighted by Gasteiger charge is 2.56. The molecule has 2 aliphatic carbocycles.